The second kappa shape index (κ2) is 7.82. The van der Waals surface area contributed by atoms with Gasteiger partial charge in [0.25, 0.3) is 0 Å². The van der Waals surface area contributed by atoms with Gasteiger partial charge in [-0.15, -0.1) is 0 Å². The molecule has 1 fully saturated rings. The molecule has 0 aliphatic carbocycles. The molecule has 1 saturated heterocycles. The molecule has 1 atom stereocenters. The second-order valence-corrected chi connectivity index (χ2v) is 5.38. The monoisotopic (exact) mass is 339 g/mol. The van der Waals surface area contributed by atoms with Crippen molar-refractivity contribution in [2.75, 3.05) is 25.0 Å². The minimum atomic E-state index is -0.880. The summed E-state index contributed by atoms with van der Waals surface area (Å²) in [5.41, 5.74) is 0.556. The van der Waals surface area contributed by atoms with Crippen LogP contribution in [0.4, 0.5) is 10.5 Å². The minimum absolute atomic E-state index is 0.173. The number of benzene rings is 1. The van der Waals surface area contributed by atoms with Gasteiger partial charge in [-0.3, -0.25) is 9.59 Å². The maximum Gasteiger partial charge on any atom is 0.322 e. The zero-order chi connectivity index (χ0) is 16.8. The van der Waals surface area contributed by atoms with Gasteiger partial charge in [0.05, 0.1) is 13.0 Å². The summed E-state index contributed by atoms with van der Waals surface area (Å²) in [6.07, 6.45) is -0.173. The van der Waals surface area contributed by atoms with E-state index in [1.165, 1.54) is 4.90 Å². The van der Waals surface area contributed by atoms with Crippen molar-refractivity contribution in [3.8, 4) is 0 Å². The number of anilines is 1. The first-order valence-electron chi connectivity index (χ1n) is 7.27. The summed E-state index contributed by atoms with van der Waals surface area (Å²) in [6.45, 7) is 2.56. The number of carbonyl (C=O) groups is 3. The Hall–Kier alpha value is -2.28. The zero-order valence-corrected chi connectivity index (χ0v) is 13.4. The smallest absolute Gasteiger partial charge is 0.322 e. The highest BCUT2D eigenvalue weighted by Crippen LogP contribution is 2.16. The molecule has 2 N–H and O–H groups in total. The average Bonchev–Trinajstić information content (AvgIpc) is 2.51. The Morgan fingerprint density at radius 3 is 2.74 bits per heavy atom. The van der Waals surface area contributed by atoms with Crippen molar-refractivity contribution in [2.24, 2.45) is 0 Å². The lowest BCUT2D eigenvalue weighted by Crippen LogP contribution is -2.58. The molecule has 1 aromatic rings. The van der Waals surface area contributed by atoms with Crippen molar-refractivity contribution in [3.63, 3.8) is 0 Å². The molecule has 0 spiro atoms. The van der Waals surface area contributed by atoms with E-state index in [9.17, 15) is 14.4 Å². The predicted molar refractivity (Wildman–Crippen MR) is 85.2 cm³/mol. The Kier molecular flexibility index (Phi) is 5.81. The molecule has 1 aromatic carbocycles. The van der Waals surface area contributed by atoms with E-state index < -0.39 is 18.0 Å². The van der Waals surface area contributed by atoms with E-state index in [0.29, 0.717) is 23.8 Å². The molecular formula is C15H18ClN3O4. The summed E-state index contributed by atoms with van der Waals surface area (Å²) in [7, 11) is 0. The quantitative estimate of drug-likeness (QED) is 0.816. The SMILES string of the molecule is CCOC(=O)C[C@@H]1C(=O)NCCN1C(=O)Nc1ccc(Cl)cc1. The van der Waals surface area contributed by atoms with E-state index in [0.717, 1.165) is 0 Å². The summed E-state index contributed by atoms with van der Waals surface area (Å²) in [6, 6.07) is 5.29. The standard InChI is InChI=1S/C15H18ClN3O4/c1-2-23-13(20)9-12-14(21)17-7-8-19(12)15(22)18-11-5-3-10(16)4-6-11/h3-6,12H,2,7-9H2,1H3,(H,17,21)(H,18,22)/t12-/m1/s1. The van der Waals surface area contributed by atoms with Crippen LogP contribution in [0.15, 0.2) is 24.3 Å². The van der Waals surface area contributed by atoms with Crippen molar-refractivity contribution in [2.45, 2.75) is 19.4 Å². The van der Waals surface area contributed by atoms with Crippen LogP contribution in [0.5, 0.6) is 0 Å². The lowest BCUT2D eigenvalue weighted by Gasteiger charge is -2.34. The predicted octanol–water partition coefficient (Wildman–Crippen LogP) is 1.63. The fraction of sp³-hybridized carbons (Fsp3) is 0.400. The number of esters is 1. The largest absolute Gasteiger partial charge is 0.466 e. The van der Waals surface area contributed by atoms with Gasteiger partial charge in [-0.1, -0.05) is 11.6 Å². The third-order valence-corrected chi connectivity index (χ3v) is 3.60. The zero-order valence-electron chi connectivity index (χ0n) is 12.7. The Labute approximate surface area is 138 Å². The van der Waals surface area contributed by atoms with Crippen molar-refractivity contribution in [3.05, 3.63) is 29.3 Å². The average molecular weight is 340 g/mol. The molecular weight excluding hydrogens is 322 g/mol. The minimum Gasteiger partial charge on any atom is -0.466 e. The highest BCUT2D eigenvalue weighted by atomic mass is 35.5. The Bertz CT molecular complexity index is 591. The fourth-order valence-electron chi connectivity index (χ4n) is 2.27. The summed E-state index contributed by atoms with van der Waals surface area (Å²) >= 11 is 5.80. The molecule has 1 heterocycles. The highest BCUT2D eigenvalue weighted by molar-refractivity contribution is 6.30. The summed E-state index contributed by atoms with van der Waals surface area (Å²) in [5, 5.41) is 5.90. The maximum atomic E-state index is 12.4. The number of hydrogen-bond acceptors (Lipinski definition) is 4. The normalized spacial score (nSPS) is 17.4. The first-order chi connectivity index (χ1) is 11.0. The number of urea groups is 1. The third-order valence-electron chi connectivity index (χ3n) is 3.35. The number of ether oxygens (including phenoxy) is 1. The van der Waals surface area contributed by atoms with Gasteiger partial charge in [-0.2, -0.15) is 0 Å². The first kappa shape index (κ1) is 17.1. The van der Waals surface area contributed by atoms with Crippen molar-refractivity contribution in [1.29, 1.82) is 0 Å². The third kappa shape index (κ3) is 4.59. The molecule has 3 amide bonds. The van der Waals surface area contributed by atoms with Gasteiger partial charge in [0.2, 0.25) is 5.91 Å². The van der Waals surface area contributed by atoms with Crippen LogP contribution in [0.1, 0.15) is 13.3 Å². The maximum absolute atomic E-state index is 12.4. The summed E-state index contributed by atoms with van der Waals surface area (Å²) in [4.78, 5) is 37.4. The first-order valence-corrected chi connectivity index (χ1v) is 7.65. The number of carbonyl (C=O) groups excluding carboxylic acids is 3. The number of nitrogens with one attached hydrogen (secondary N) is 2. The van der Waals surface area contributed by atoms with Gasteiger partial charge < -0.3 is 20.3 Å². The van der Waals surface area contributed by atoms with E-state index in [2.05, 4.69) is 10.6 Å². The molecule has 7 nitrogen and oxygen atoms in total. The van der Waals surface area contributed by atoms with Crippen LogP contribution >= 0.6 is 11.6 Å². The lowest BCUT2D eigenvalue weighted by atomic mass is 10.1. The Balaban J connectivity index is 2.06. The summed E-state index contributed by atoms with van der Waals surface area (Å²) < 4.78 is 4.86. The fourth-order valence-corrected chi connectivity index (χ4v) is 2.39. The number of amides is 3. The van der Waals surface area contributed by atoms with Crippen LogP contribution in [0.2, 0.25) is 5.02 Å². The van der Waals surface area contributed by atoms with Crippen LogP contribution in [0.25, 0.3) is 0 Å². The number of hydrogen-bond donors (Lipinski definition) is 2. The van der Waals surface area contributed by atoms with Crippen molar-refractivity contribution < 1.29 is 19.1 Å². The molecule has 23 heavy (non-hydrogen) atoms. The van der Waals surface area contributed by atoms with E-state index in [1.54, 1.807) is 31.2 Å². The van der Waals surface area contributed by atoms with E-state index >= 15 is 0 Å². The van der Waals surface area contributed by atoms with Gasteiger partial charge in [0.15, 0.2) is 0 Å². The van der Waals surface area contributed by atoms with Crippen LogP contribution in [0, 0.1) is 0 Å². The number of halogens is 1. The molecule has 1 aliphatic rings. The Morgan fingerprint density at radius 1 is 1.39 bits per heavy atom. The molecule has 124 valence electrons. The molecule has 0 radical (unpaired) electrons. The number of piperazine rings is 1. The van der Waals surface area contributed by atoms with Crippen LogP contribution in [-0.2, 0) is 14.3 Å². The van der Waals surface area contributed by atoms with E-state index in [1.807, 2.05) is 0 Å². The number of rotatable bonds is 4. The Morgan fingerprint density at radius 2 is 2.09 bits per heavy atom. The summed E-state index contributed by atoms with van der Waals surface area (Å²) in [5.74, 6) is -0.880. The van der Waals surface area contributed by atoms with Gasteiger partial charge in [-0.05, 0) is 31.2 Å². The van der Waals surface area contributed by atoms with E-state index in [4.69, 9.17) is 16.3 Å². The highest BCUT2D eigenvalue weighted by Gasteiger charge is 2.35. The van der Waals surface area contributed by atoms with Crippen LogP contribution < -0.4 is 10.6 Å². The van der Waals surface area contributed by atoms with Crippen molar-refractivity contribution in [1.82, 2.24) is 10.2 Å². The van der Waals surface area contributed by atoms with E-state index in [-0.39, 0.29) is 18.9 Å². The molecule has 0 bridgehead atoms. The molecule has 0 saturated carbocycles. The van der Waals surface area contributed by atoms with Gasteiger partial charge >= 0.3 is 12.0 Å². The van der Waals surface area contributed by atoms with Gasteiger partial charge in [-0.25, -0.2) is 4.79 Å². The second-order valence-electron chi connectivity index (χ2n) is 4.95. The van der Waals surface area contributed by atoms with Gasteiger partial charge in [0, 0.05) is 23.8 Å². The topological polar surface area (TPSA) is 87.7 Å². The lowest BCUT2D eigenvalue weighted by molar-refractivity contribution is -0.147. The van der Waals surface area contributed by atoms with Gasteiger partial charge in [0.1, 0.15) is 6.04 Å². The number of nitrogens with zero attached hydrogens (tertiary/aromatic N) is 1. The van der Waals surface area contributed by atoms with Crippen LogP contribution in [-0.4, -0.2) is 48.5 Å². The molecule has 1 aliphatic heterocycles. The molecule has 0 aromatic heterocycles. The molecule has 0 unspecified atom stereocenters. The molecule has 8 heteroatoms. The van der Waals surface area contributed by atoms with Crippen LogP contribution in [0.3, 0.4) is 0 Å². The van der Waals surface area contributed by atoms with Crippen molar-refractivity contribution >= 4 is 35.2 Å². The molecule has 2 rings (SSSR count).